The van der Waals surface area contributed by atoms with Gasteiger partial charge in [-0.05, 0) is 18.2 Å². The maximum Gasteiger partial charge on any atom is 0.332 e. The highest BCUT2D eigenvalue weighted by Gasteiger charge is 2.06. The molecule has 5 nitrogen and oxygen atoms in total. The van der Waals surface area contributed by atoms with Crippen LogP contribution in [-0.4, -0.2) is 9.13 Å². The molecule has 0 amide bonds. The van der Waals surface area contributed by atoms with Crippen LogP contribution in [0.1, 0.15) is 0 Å². The van der Waals surface area contributed by atoms with E-state index in [9.17, 15) is 14.0 Å². The molecule has 0 fully saturated rings. The van der Waals surface area contributed by atoms with E-state index in [4.69, 9.17) is 0 Å². The van der Waals surface area contributed by atoms with Gasteiger partial charge in [-0.25, -0.2) is 9.18 Å². The molecule has 1 aromatic carbocycles. The molecular weight excluding hydrogens is 237 g/mol. The van der Waals surface area contributed by atoms with Crippen molar-refractivity contribution in [1.82, 2.24) is 9.13 Å². The number of hydrogen-bond donors (Lipinski definition) is 1. The van der Waals surface area contributed by atoms with Gasteiger partial charge in [0.05, 0.1) is 0 Å². The smallest absolute Gasteiger partial charge is 0.332 e. The van der Waals surface area contributed by atoms with E-state index in [0.29, 0.717) is 11.5 Å². The van der Waals surface area contributed by atoms with Crippen LogP contribution < -0.4 is 16.6 Å². The average molecular weight is 249 g/mol. The minimum Gasteiger partial charge on any atom is -0.341 e. The van der Waals surface area contributed by atoms with Gasteiger partial charge in [0.2, 0.25) is 0 Å². The quantitative estimate of drug-likeness (QED) is 0.862. The second-order valence-electron chi connectivity index (χ2n) is 3.90. The SMILES string of the molecule is Cn1c(Nc2cccc(F)c2)cc(=O)n(C)c1=O. The summed E-state index contributed by atoms with van der Waals surface area (Å²) >= 11 is 0. The van der Waals surface area contributed by atoms with Gasteiger partial charge in [-0.1, -0.05) is 6.07 Å². The van der Waals surface area contributed by atoms with Crippen LogP contribution in [0.4, 0.5) is 15.9 Å². The van der Waals surface area contributed by atoms with Gasteiger partial charge in [0.25, 0.3) is 5.56 Å². The first kappa shape index (κ1) is 12.1. The molecule has 0 saturated carbocycles. The summed E-state index contributed by atoms with van der Waals surface area (Å²) in [6, 6.07) is 7.06. The topological polar surface area (TPSA) is 56.0 Å². The highest BCUT2D eigenvalue weighted by atomic mass is 19.1. The molecule has 6 heteroatoms. The van der Waals surface area contributed by atoms with Crippen molar-refractivity contribution in [2.24, 2.45) is 14.1 Å². The van der Waals surface area contributed by atoms with Crippen LogP contribution in [0.2, 0.25) is 0 Å². The molecule has 0 atom stereocenters. The molecule has 18 heavy (non-hydrogen) atoms. The van der Waals surface area contributed by atoms with Crippen molar-refractivity contribution in [3.8, 4) is 0 Å². The Labute approximate surface area is 102 Å². The highest BCUT2D eigenvalue weighted by Crippen LogP contribution is 2.14. The van der Waals surface area contributed by atoms with Gasteiger partial charge in [-0.3, -0.25) is 13.9 Å². The standard InChI is InChI=1S/C12H12FN3O2/c1-15-10(7-11(17)16(2)12(15)18)14-9-5-3-4-8(13)6-9/h3-7,14H,1-2H3. The van der Waals surface area contributed by atoms with E-state index in [1.165, 1.54) is 42.9 Å². The van der Waals surface area contributed by atoms with Crippen molar-refractivity contribution >= 4 is 11.5 Å². The summed E-state index contributed by atoms with van der Waals surface area (Å²) < 4.78 is 15.3. The second kappa shape index (κ2) is 4.48. The Kier molecular flexibility index (Phi) is 3.01. The van der Waals surface area contributed by atoms with Gasteiger partial charge < -0.3 is 5.32 Å². The molecule has 1 N–H and O–H groups in total. The molecule has 0 saturated heterocycles. The van der Waals surface area contributed by atoms with Crippen LogP contribution in [-0.2, 0) is 14.1 Å². The normalized spacial score (nSPS) is 10.4. The minimum absolute atomic E-state index is 0.314. The van der Waals surface area contributed by atoms with Crippen LogP contribution in [0.3, 0.4) is 0 Å². The predicted octanol–water partition coefficient (Wildman–Crippen LogP) is 0.967. The molecule has 0 radical (unpaired) electrons. The predicted molar refractivity (Wildman–Crippen MR) is 66.6 cm³/mol. The van der Waals surface area contributed by atoms with E-state index in [2.05, 4.69) is 5.32 Å². The van der Waals surface area contributed by atoms with Gasteiger partial charge in [0.1, 0.15) is 11.6 Å². The van der Waals surface area contributed by atoms with Crippen molar-refractivity contribution in [1.29, 1.82) is 0 Å². The zero-order chi connectivity index (χ0) is 13.3. The Morgan fingerprint density at radius 1 is 1.11 bits per heavy atom. The summed E-state index contributed by atoms with van der Waals surface area (Å²) in [4.78, 5) is 23.2. The van der Waals surface area contributed by atoms with Crippen molar-refractivity contribution in [3.05, 3.63) is 57.0 Å². The van der Waals surface area contributed by atoms with E-state index < -0.39 is 17.1 Å². The number of rotatable bonds is 2. The van der Waals surface area contributed by atoms with Crippen LogP contribution in [0.15, 0.2) is 39.9 Å². The lowest BCUT2D eigenvalue weighted by Crippen LogP contribution is -2.37. The molecule has 0 spiro atoms. The van der Waals surface area contributed by atoms with E-state index in [1.54, 1.807) is 6.07 Å². The zero-order valence-corrected chi connectivity index (χ0v) is 9.98. The summed E-state index contributed by atoms with van der Waals surface area (Å²) in [7, 11) is 2.93. The van der Waals surface area contributed by atoms with Crippen LogP contribution >= 0.6 is 0 Å². The van der Waals surface area contributed by atoms with Crippen LogP contribution in [0.25, 0.3) is 0 Å². The largest absolute Gasteiger partial charge is 0.341 e. The first-order valence-corrected chi connectivity index (χ1v) is 5.28. The summed E-state index contributed by atoms with van der Waals surface area (Å²) in [6.07, 6.45) is 0. The van der Waals surface area contributed by atoms with Gasteiger partial charge in [-0.2, -0.15) is 0 Å². The first-order valence-electron chi connectivity index (χ1n) is 5.28. The monoisotopic (exact) mass is 249 g/mol. The second-order valence-corrected chi connectivity index (χ2v) is 3.90. The fraction of sp³-hybridized carbons (Fsp3) is 0.167. The molecule has 94 valence electrons. The third kappa shape index (κ3) is 2.17. The number of nitrogens with zero attached hydrogens (tertiary/aromatic N) is 2. The lowest BCUT2D eigenvalue weighted by Gasteiger charge is -2.11. The third-order valence-corrected chi connectivity index (χ3v) is 2.62. The van der Waals surface area contributed by atoms with E-state index in [-0.39, 0.29) is 0 Å². The Morgan fingerprint density at radius 3 is 2.50 bits per heavy atom. The van der Waals surface area contributed by atoms with Crippen LogP contribution in [0.5, 0.6) is 0 Å². The highest BCUT2D eigenvalue weighted by molar-refractivity contribution is 5.55. The minimum atomic E-state index is -0.443. The number of anilines is 2. The van der Waals surface area contributed by atoms with Gasteiger partial charge in [0.15, 0.2) is 0 Å². The summed E-state index contributed by atoms with van der Waals surface area (Å²) in [5.74, 6) is -0.0810. The maximum atomic E-state index is 13.0. The fourth-order valence-corrected chi connectivity index (χ4v) is 1.57. The van der Waals surface area contributed by atoms with Crippen molar-refractivity contribution < 1.29 is 4.39 Å². The Hall–Kier alpha value is -2.37. The lowest BCUT2D eigenvalue weighted by molar-refractivity contribution is 0.628. The van der Waals surface area contributed by atoms with E-state index >= 15 is 0 Å². The number of nitrogens with one attached hydrogen (secondary N) is 1. The Bertz CT molecular complexity index is 703. The number of benzene rings is 1. The van der Waals surface area contributed by atoms with E-state index in [0.717, 1.165) is 4.57 Å². The molecule has 1 heterocycles. The maximum absolute atomic E-state index is 13.0. The summed E-state index contributed by atoms with van der Waals surface area (Å²) in [5.41, 5.74) is -0.392. The molecule has 0 aliphatic carbocycles. The van der Waals surface area contributed by atoms with Crippen molar-refractivity contribution in [2.45, 2.75) is 0 Å². The average Bonchev–Trinajstić information content (AvgIpc) is 2.33. The molecular formula is C12H12FN3O2. The molecule has 0 bridgehead atoms. The van der Waals surface area contributed by atoms with Crippen molar-refractivity contribution in [3.63, 3.8) is 0 Å². The lowest BCUT2D eigenvalue weighted by atomic mass is 10.3. The van der Waals surface area contributed by atoms with Crippen molar-refractivity contribution in [2.75, 3.05) is 5.32 Å². The summed E-state index contributed by atoms with van der Waals surface area (Å²) in [5, 5.41) is 2.83. The number of halogens is 1. The zero-order valence-electron chi connectivity index (χ0n) is 9.98. The van der Waals surface area contributed by atoms with Crippen LogP contribution in [0, 0.1) is 5.82 Å². The number of aromatic nitrogens is 2. The summed E-state index contributed by atoms with van der Waals surface area (Å²) in [6.45, 7) is 0. The molecule has 0 aliphatic rings. The Morgan fingerprint density at radius 2 is 1.83 bits per heavy atom. The third-order valence-electron chi connectivity index (χ3n) is 2.62. The number of hydrogen-bond acceptors (Lipinski definition) is 3. The molecule has 0 unspecified atom stereocenters. The molecule has 2 aromatic rings. The fourth-order valence-electron chi connectivity index (χ4n) is 1.57. The first-order chi connectivity index (χ1) is 8.49. The van der Waals surface area contributed by atoms with Gasteiger partial charge >= 0.3 is 5.69 Å². The molecule has 0 aliphatic heterocycles. The Balaban J connectivity index is 2.48. The van der Waals surface area contributed by atoms with Gasteiger partial charge in [0, 0.05) is 25.8 Å². The van der Waals surface area contributed by atoms with E-state index in [1.807, 2.05) is 0 Å². The molecule has 2 rings (SSSR count). The van der Waals surface area contributed by atoms with Gasteiger partial charge in [-0.15, -0.1) is 0 Å². The molecule has 1 aromatic heterocycles.